The fourth-order valence-corrected chi connectivity index (χ4v) is 1.82. The quantitative estimate of drug-likeness (QED) is 0.529. The van der Waals surface area contributed by atoms with Gasteiger partial charge in [0.15, 0.2) is 0 Å². The minimum absolute atomic E-state index is 0.132. The van der Waals surface area contributed by atoms with E-state index in [9.17, 15) is 5.11 Å². The Morgan fingerprint density at radius 3 is 2.86 bits per heavy atom. The van der Waals surface area contributed by atoms with E-state index in [0.29, 0.717) is 6.04 Å². The largest absolute Gasteiger partial charge is 0.391 e. The standard InChI is InChI=1S/C10H23N3O/c1-11-6-8-13(2)7-4-9-10(14)3-5-12-9/h9-12,14H,3-8H2,1-2H3. The van der Waals surface area contributed by atoms with Crippen LogP contribution < -0.4 is 10.6 Å². The molecule has 1 rings (SSSR count). The van der Waals surface area contributed by atoms with Crippen molar-refractivity contribution in [1.82, 2.24) is 15.5 Å². The summed E-state index contributed by atoms with van der Waals surface area (Å²) < 4.78 is 0. The topological polar surface area (TPSA) is 47.5 Å². The first-order valence-electron chi connectivity index (χ1n) is 5.48. The van der Waals surface area contributed by atoms with Crippen LogP contribution in [0, 0.1) is 0 Å². The van der Waals surface area contributed by atoms with E-state index in [-0.39, 0.29) is 6.10 Å². The molecule has 0 aliphatic carbocycles. The molecule has 0 aromatic carbocycles. The van der Waals surface area contributed by atoms with Gasteiger partial charge >= 0.3 is 0 Å². The van der Waals surface area contributed by atoms with Crippen LogP contribution in [-0.4, -0.2) is 62.4 Å². The van der Waals surface area contributed by atoms with Gasteiger partial charge in [-0.3, -0.25) is 0 Å². The summed E-state index contributed by atoms with van der Waals surface area (Å²) in [5.41, 5.74) is 0. The molecule has 14 heavy (non-hydrogen) atoms. The number of nitrogens with one attached hydrogen (secondary N) is 2. The molecule has 0 amide bonds. The van der Waals surface area contributed by atoms with Crippen LogP contribution in [0.1, 0.15) is 12.8 Å². The highest BCUT2D eigenvalue weighted by atomic mass is 16.3. The van der Waals surface area contributed by atoms with E-state index in [4.69, 9.17) is 0 Å². The third kappa shape index (κ3) is 3.92. The maximum atomic E-state index is 9.58. The van der Waals surface area contributed by atoms with Gasteiger partial charge in [0.25, 0.3) is 0 Å². The van der Waals surface area contributed by atoms with Crippen LogP contribution in [0.2, 0.25) is 0 Å². The molecule has 1 fully saturated rings. The second-order valence-corrected chi connectivity index (χ2v) is 4.11. The molecule has 0 bridgehead atoms. The Kier molecular flexibility index (Phi) is 5.40. The normalized spacial score (nSPS) is 27.4. The van der Waals surface area contributed by atoms with Crippen LogP contribution >= 0.6 is 0 Å². The lowest BCUT2D eigenvalue weighted by atomic mass is 10.1. The zero-order valence-corrected chi connectivity index (χ0v) is 9.29. The molecule has 0 saturated carbocycles. The SMILES string of the molecule is CNCCN(C)CCC1NCCC1O. The molecule has 0 aromatic heterocycles. The minimum Gasteiger partial charge on any atom is -0.391 e. The van der Waals surface area contributed by atoms with Crippen molar-refractivity contribution in [1.29, 1.82) is 0 Å². The third-order valence-corrected chi connectivity index (χ3v) is 2.88. The molecule has 0 spiro atoms. The number of aliphatic hydroxyl groups excluding tert-OH is 1. The summed E-state index contributed by atoms with van der Waals surface area (Å²) in [6.07, 6.45) is 1.82. The van der Waals surface area contributed by atoms with Crippen molar-refractivity contribution in [3.63, 3.8) is 0 Å². The molecule has 1 heterocycles. The van der Waals surface area contributed by atoms with Crippen LogP contribution in [0.15, 0.2) is 0 Å². The van der Waals surface area contributed by atoms with Gasteiger partial charge in [0.1, 0.15) is 0 Å². The summed E-state index contributed by atoms with van der Waals surface area (Å²) >= 11 is 0. The van der Waals surface area contributed by atoms with E-state index >= 15 is 0 Å². The van der Waals surface area contributed by atoms with Gasteiger partial charge in [0, 0.05) is 19.1 Å². The van der Waals surface area contributed by atoms with Gasteiger partial charge in [-0.25, -0.2) is 0 Å². The first kappa shape index (κ1) is 11.9. The summed E-state index contributed by atoms with van der Waals surface area (Å²) in [6, 6.07) is 0.312. The lowest BCUT2D eigenvalue weighted by Gasteiger charge is -2.20. The summed E-state index contributed by atoms with van der Waals surface area (Å²) in [5, 5.41) is 16.0. The van der Waals surface area contributed by atoms with E-state index in [0.717, 1.165) is 39.0 Å². The molecule has 3 N–H and O–H groups in total. The van der Waals surface area contributed by atoms with Crippen LogP contribution in [0.3, 0.4) is 0 Å². The van der Waals surface area contributed by atoms with Crippen molar-refractivity contribution in [3.8, 4) is 0 Å². The minimum atomic E-state index is -0.132. The Bertz CT molecular complexity index is 154. The molecule has 1 aliphatic heterocycles. The number of hydrogen-bond donors (Lipinski definition) is 3. The Labute approximate surface area is 86.7 Å². The van der Waals surface area contributed by atoms with Gasteiger partial charge in [-0.1, -0.05) is 0 Å². The van der Waals surface area contributed by atoms with Crippen molar-refractivity contribution >= 4 is 0 Å². The van der Waals surface area contributed by atoms with Crippen molar-refractivity contribution in [3.05, 3.63) is 0 Å². The van der Waals surface area contributed by atoms with E-state index in [1.54, 1.807) is 0 Å². The molecular weight excluding hydrogens is 178 g/mol. The molecule has 0 aromatic rings. The average molecular weight is 201 g/mol. The lowest BCUT2D eigenvalue weighted by Crippen LogP contribution is -2.36. The van der Waals surface area contributed by atoms with Gasteiger partial charge in [0.05, 0.1) is 6.10 Å². The molecule has 2 atom stereocenters. The smallest absolute Gasteiger partial charge is 0.0705 e. The highest BCUT2D eigenvalue weighted by Crippen LogP contribution is 2.10. The zero-order valence-electron chi connectivity index (χ0n) is 9.29. The highest BCUT2D eigenvalue weighted by molar-refractivity contribution is 4.83. The maximum Gasteiger partial charge on any atom is 0.0705 e. The van der Waals surface area contributed by atoms with Crippen molar-refractivity contribution < 1.29 is 5.11 Å². The second kappa shape index (κ2) is 6.35. The molecule has 4 heteroatoms. The summed E-state index contributed by atoms with van der Waals surface area (Å²) in [6.45, 7) is 4.11. The number of hydrogen-bond acceptors (Lipinski definition) is 4. The molecule has 4 nitrogen and oxygen atoms in total. The second-order valence-electron chi connectivity index (χ2n) is 4.11. The Hall–Kier alpha value is -0.160. The van der Waals surface area contributed by atoms with Crippen molar-refractivity contribution in [2.75, 3.05) is 40.3 Å². The first-order chi connectivity index (χ1) is 6.74. The van der Waals surface area contributed by atoms with E-state index in [2.05, 4.69) is 22.6 Å². The monoisotopic (exact) mass is 201 g/mol. The molecule has 2 unspecified atom stereocenters. The average Bonchev–Trinajstić information content (AvgIpc) is 2.58. The molecule has 0 radical (unpaired) electrons. The Morgan fingerprint density at radius 1 is 1.50 bits per heavy atom. The Morgan fingerprint density at radius 2 is 2.29 bits per heavy atom. The van der Waals surface area contributed by atoms with Crippen molar-refractivity contribution in [2.24, 2.45) is 0 Å². The highest BCUT2D eigenvalue weighted by Gasteiger charge is 2.23. The zero-order chi connectivity index (χ0) is 10.4. The van der Waals surface area contributed by atoms with Gasteiger partial charge in [-0.2, -0.15) is 0 Å². The van der Waals surface area contributed by atoms with E-state index in [1.807, 2.05) is 7.05 Å². The fraction of sp³-hybridized carbons (Fsp3) is 1.00. The number of likely N-dealkylation sites (N-methyl/N-ethyl adjacent to an activating group) is 2. The summed E-state index contributed by atoms with van der Waals surface area (Å²) in [5.74, 6) is 0. The Balaban J connectivity index is 2.07. The van der Waals surface area contributed by atoms with Gasteiger partial charge in [-0.15, -0.1) is 0 Å². The van der Waals surface area contributed by atoms with Crippen LogP contribution in [0.4, 0.5) is 0 Å². The van der Waals surface area contributed by atoms with E-state index < -0.39 is 0 Å². The molecule has 1 aliphatic rings. The fourth-order valence-electron chi connectivity index (χ4n) is 1.82. The van der Waals surface area contributed by atoms with Gasteiger partial charge < -0.3 is 20.6 Å². The number of rotatable bonds is 6. The molecule has 1 saturated heterocycles. The maximum absolute atomic E-state index is 9.58. The van der Waals surface area contributed by atoms with Crippen molar-refractivity contribution in [2.45, 2.75) is 25.0 Å². The van der Waals surface area contributed by atoms with Gasteiger partial charge in [-0.05, 0) is 40.0 Å². The molecule has 84 valence electrons. The summed E-state index contributed by atoms with van der Waals surface area (Å²) in [4.78, 5) is 2.29. The predicted molar refractivity (Wildman–Crippen MR) is 58.5 cm³/mol. The lowest BCUT2D eigenvalue weighted by molar-refractivity contribution is 0.148. The third-order valence-electron chi connectivity index (χ3n) is 2.88. The summed E-state index contributed by atoms with van der Waals surface area (Å²) in [7, 11) is 4.09. The number of nitrogens with zero attached hydrogens (tertiary/aromatic N) is 1. The van der Waals surface area contributed by atoms with Crippen LogP contribution in [-0.2, 0) is 0 Å². The molecular formula is C10H23N3O. The first-order valence-corrected chi connectivity index (χ1v) is 5.48. The number of aliphatic hydroxyl groups is 1. The van der Waals surface area contributed by atoms with Gasteiger partial charge in [0.2, 0.25) is 0 Å². The van der Waals surface area contributed by atoms with E-state index in [1.165, 1.54) is 0 Å². The predicted octanol–water partition coefficient (Wildman–Crippen LogP) is -0.749. The van der Waals surface area contributed by atoms with Crippen LogP contribution in [0.25, 0.3) is 0 Å². The van der Waals surface area contributed by atoms with Crippen LogP contribution in [0.5, 0.6) is 0 Å².